The van der Waals surface area contributed by atoms with Crippen LogP contribution in [-0.4, -0.2) is 26.8 Å². The van der Waals surface area contributed by atoms with Crippen LogP contribution in [-0.2, 0) is 16.6 Å². The van der Waals surface area contributed by atoms with Crippen molar-refractivity contribution in [2.75, 3.05) is 12.3 Å². The van der Waals surface area contributed by atoms with Crippen LogP contribution in [0.3, 0.4) is 0 Å². The number of benzene rings is 1. The molecule has 0 aliphatic heterocycles. The summed E-state index contributed by atoms with van der Waals surface area (Å²) in [5, 5.41) is 3.28. The molecule has 0 saturated heterocycles. The second-order valence-electron chi connectivity index (χ2n) is 5.08. The third-order valence-corrected chi connectivity index (χ3v) is 4.74. The number of rotatable bonds is 9. The Morgan fingerprint density at radius 1 is 1.15 bits per heavy atom. The summed E-state index contributed by atoms with van der Waals surface area (Å²) in [5.74, 6) is 0.184. The van der Waals surface area contributed by atoms with Crippen molar-refractivity contribution in [3.63, 3.8) is 0 Å². The maximum absolute atomic E-state index is 11.8. The van der Waals surface area contributed by atoms with E-state index in [-0.39, 0.29) is 5.75 Å². The van der Waals surface area contributed by atoms with Gasteiger partial charge >= 0.3 is 0 Å². The molecule has 0 fully saturated rings. The molecule has 0 amide bonds. The lowest BCUT2D eigenvalue weighted by molar-refractivity contribution is 0.555. The zero-order chi connectivity index (χ0) is 15.0. The molecule has 20 heavy (non-hydrogen) atoms. The Morgan fingerprint density at radius 2 is 1.80 bits per heavy atom. The highest BCUT2D eigenvalue weighted by atomic mass is 79.9. The fourth-order valence-corrected chi connectivity index (χ4v) is 3.05. The zero-order valence-corrected chi connectivity index (χ0v) is 14.4. The highest BCUT2D eigenvalue weighted by Gasteiger charge is 2.09. The molecule has 0 heterocycles. The standard InChI is InChI=1S/C14H23BrN2O2S/c1-12(2)16-9-3-4-10-20(18,19)17-11-13-5-7-14(15)8-6-13/h5-8,12,16-17H,3-4,9-11H2,1-2H3. The SMILES string of the molecule is CC(C)NCCCCS(=O)(=O)NCc1ccc(Br)cc1. The molecule has 4 nitrogen and oxygen atoms in total. The minimum Gasteiger partial charge on any atom is -0.315 e. The van der Waals surface area contributed by atoms with Crippen molar-refractivity contribution in [3.05, 3.63) is 34.3 Å². The normalized spacial score (nSPS) is 12.0. The van der Waals surface area contributed by atoms with E-state index >= 15 is 0 Å². The molecule has 0 saturated carbocycles. The lowest BCUT2D eigenvalue weighted by atomic mass is 10.2. The summed E-state index contributed by atoms with van der Waals surface area (Å²) in [6.45, 7) is 5.37. The molecule has 0 atom stereocenters. The van der Waals surface area contributed by atoms with E-state index < -0.39 is 10.0 Å². The van der Waals surface area contributed by atoms with E-state index in [1.165, 1.54) is 0 Å². The summed E-state index contributed by atoms with van der Waals surface area (Å²) in [4.78, 5) is 0. The Hall–Kier alpha value is -0.430. The third kappa shape index (κ3) is 7.99. The van der Waals surface area contributed by atoms with Crippen LogP contribution in [0.4, 0.5) is 0 Å². The summed E-state index contributed by atoms with van der Waals surface area (Å²) >= 11 is 3.35. The molecule has 6 heteroatoms. The Kier molecular flexibility index (Phi) is 7.72. The fourth-order valence-electron chi connectivity index (χ4n) is 1.68. The quantitative estimate of drug-likeness (QED) is 0.663. The van der Waals surface area contributed by atoms with Crippen LogP contribution in [0.5, 0.6) is 0 Å². The van der Waals surface area contributed by atoms with Gasteiger partial charge in [0.1, 0.15) is 0 Å². The fraction of sp³-hybridized carbons (Fsp3) is 0.571. The minimum atomic E-state index is -3.18. The van der Waals surface area contributed by atoms with Gasteiger partial charge in [-0.15, -0.1) is 0 Å². The largest absolute Gasteiger partial charge is 0.315 e. The number of halogens is 1. The lowest BCUT2D eigenvalue weighted by Gasteiger charge is -2.09. The van der Waals surface area contributed by atoms with Gasteiger partial charge in [-0.3, -0.25) is 0 Å². The van der Waals surface area contributed by atoms with Crippen LogP contribution in [0.25, 0.3) is 0 Å². The summed E-state index contributed by atoms with van der Waals surface area (Å²) in [6.07, 6.45) is 1.55. The van der Waals surface area contributed by atoms with Gasteiger partial charge in [-0.2, -0.15) is 0 Å². The maximum atomic E-state index is 11.8. The predicted octanol–water partition coefficient (Wildman–Crippen LogP) is 2.65. The van der Waals surface area contributed by atoms with Gasteiger partial charge < -0.3 is 5.32 Å². The molecule has 0 bridgehead atoms. The Labute approximate surface area is 130 Å². The van der Waals surface area contributed by atoms with Gasteiger partial charge in [0, 0.05) is 17.1 Å². The van der Waals surface area contributed by atoms with Gasteiger partial charge in [-0.05, 0) is 37.1 Å². The van der Waals surface area contributed by atoms with Crippen molar-refractivity contribution < 1.29 is 8.42 Å². The number of sulfonamides is 1. The Bertz CT molecular complexity index is 486. The number of hydrogen-bond donors (Lipinski definition) is 2. The van der Waals surface area contributed by atoms with E-state index in [9.17, 15) is 8.42 Å². The predicted molar refractivity (Wildman–Crippen MR) is 87.1 cm³/mol. The molecule has 2 N–H and O–H groups in total. The molecular weight excluding hydrogens is 340 g/mol. The molecule has 0 aromatic heterocycles. The van der Waals surface area contributed by atoms with Crippen LogP contribution in [0, 0.1) is 0 Å². The molecule has 0 aliphatic carbocycles. The zero-order valence-electron chi connectivity index (χ0n) is 12.0. The molecular formula is C14H23BrN2O2S. The first kappa shape index (κ1) is 17.6. The van der Waals surface area contributed by atoms with Crippen molar-refractivity contribution in [2.45, 2.75) is 39.3 Å². The van der Waals surface area contributed by atoms with E-state index in [1.54, 1.807) is 0 Å². The minimum absolute atomic E-state index is 0.184. The maximum Gasteiger partial charge on any atom is 0.211 e. The molecule has 1 aromatic carbocycles. The van der Waals surface area contributed by atoms with E-state index in [0.29, 0.717) is 19.0 Å². The molecule has 114 valence electrons. The smallest absolute Gasteiger partial charge is 0.211 e. The second kappa shape index (κ2) is 8.77. The highest BCUT2D eigenvalue weighted by molar-refractivity contribution is 9.10. The van der Waals surface area contributed by atoms with Crippen LogP contribution < -0.4 is 10.0 Å². The Morgan fingerprint density at radius 3 is 2.40 bits per heavy atom. The van der Waals surface area contributed by atoms with Gasteiger partial charge in [0.15, 0.2) is 0 Å². The molecule has 0 aliphatic rings. The van der Waals surface area contributed by atoms with Crippen molar-refractivity contribution in [1.82, 2.24) is 10.0 Å². The summed E-state index contributed by atoms with van der Waals surface area (Å²) in [6, 6.07) is 8.06. The topological polar surface area (TPSA) is 58.2 Å². The van der Waals surface area contributed by atoms with Gasteiger partial charge in [-0.25, -0.2) is 13.1 Å². The second-order valence-corrected chi connectivity index (χ2v) is 7.92. The first-order valence-electron chi connectivity index (χ1n) is 6.84. The lowest BCUT2D eigenvalue weighted by Crippen LogP contribution is -2.27. The van der Waals surface area contributed by atoms with E-state index in [4.69, 9.17) is 0 Å². The number of hydrogen-bond acceptors (Lipinski definition) is 3. The summed E-state index contributed by atoms with van der Waals surface area (Å²) in [7, 11) is -3.18. The first-order valence-corrected chi connectivity index (χ1v) is 9.29. The third-order valence-electron chi connectivity index (χ3n) is 2.80. The van der Waals surface area contributed by atoms with E-state index in [2.05, 4.69) is 39.8 Å². The van der Waals surface area contributed by atoms with E-state index in [0.717, 1.165) is 23.0 Å². The van der Waals surface area contributed by atoms with E-state index in [1.807, 2.05) is 24.3 Å². The van der Waals surface area contributed by atoms with Crippen molar-refractivity contribution in [1.29, 1.82) is 0 Å². The summed E-state index contributed by atoms with van der Waals surface area (Å²) in [5.41, 5.74) is 0.957. The first-order chi connectivity index (χ1) is 9.39. The van der Waals surface area contributed by atoms with Crippen molar-refractivity contribution in [3.8, 4) is 0 Å². The highest BCUT2D eigenvalue weighted by Crippen LogP contribution is 2.10. The monoisotopic (exact) mass is 362 g/mol. The molecule has 1 rings (SSSR count). The molecule has 0 radical (unpaired) electrons. The van der Waals surface area contributed by atoms with Gasteiger partial charge in [-0.1, -0.05) is 41.9 Å². The van der Waals surface area contributed by atoms with Gasteiger partial charge in [0.2, 0.25) is 10.0 Å². The molecule has 0 unspecified atom stereocenters. The van der Waals surface area contributed by atoms with Gasteiger partial charge in [0.05, 0.1) is 5.75 Å². The number of unbranched alkanes of at least 4 members (excludes halogenated alkanes) is 1. The Balaban J connectivity index is 2.26. The number of nitrogens with one attached hydrogen (secondary N) is 2. The van der Waals surface area contributed by atoms with Crippen LogP contribution >= 0.6 is 15.9 Å². The van der Waals surface area contributed by atoms with Crippen molar-refractivity contribution >= 4 is 26.0 Å². The van der Waals surface area contributed by atoms with Crippen LogP contribution in [0.15, 0.2) is 28.7 Å². The summed E-state index contributed by atoms with van der Waals surface area (Å²) < 4.78 is 27.3. The molecule has 0 spiro atoms. The molecule has 1 aromatic rings. The van der Waals surface area contributed by atoms with Gasteiger partial charge in [0.25, 0.3) is 0 Å². The van der Waals surface area contributed by atoms with Crippen LogP contribution in [0.2, 0.25) is 0 Å². The van der Waals surface area contributed by atoms with Crippen molar-refractivity contribution in [2.24, 2.45) is 0 Å². The average Bonchev–Trinajstić information content (AvgIpc) is 2.37. The average molecular weight is 363 g/mol. The van der Waals surface area contributed by atoms with Crippen LogP contribution in [0.1, 0.15) is 32.3 Å².